The molecule has 0 aliphatic heterocycles. The molecule has 4 amide bonds. The molecule has 0 radical (unpaired) electrons. The predicted molar refractivity (Wildman–Crippen MR) is 134 cm³/mol. The number of hydrogen-bond donors (Lipinski definition) is 5. The summed E-state index contributed by atoms with van der Waals surface area (Å²) in [5, 5.41) is 25.8. The maximum Gasteiger partial charge on any atom is 0.408 e. The Kier molecular flexibility index (Phi) is 10.7. The lowest BCUT2D eigenvalue weighted by Crippen LogP contribution is -2.55. The Balaban J connectivity index is 3.55. The van der Waals surface area contributed by atoms with Crippen molar-refractivity contribution in [1.82, 2.24) is 15.5 Å². The lowest BCUT2D eigenvalue weighted by Gasteiger charge is -2.36. The first-order valence-corrected chi connectivity index (χ1v) is 11.8. The first-order chi connectivity index (χ1) is 16.5. The molecule has 36 heavy (non-hydrogen) atoms. The van der Waals surface area contributed by atoms with E-state index in [9.17, 15) is 29.4 Å². The molecule has 2 atom stereocenters. The number of rotatable bonds is 10. The van der Waals surface area contributed by atoms with Crippen LogP contribution in [0.25, 0.3) is 0 Å². The summed E-state index contributed by atoms with van der Waals surface area (Å²) >= 11 is 0. The molecule has 0 spiro atoms. The third-order valence-electron chi connectivity index (χ3n) is 4.91. The molecule has 11 nitrogen and oxygen atoms in total. The first kappa shape index (κ1) is 30.7. The molecular formula is C25H40N4O7. The Morgan fingerprint density at radius 1 is 1.11 bits per heavy atom. The van der Waals surface area contributed by atoms with Gasteiger partial charge in [-0.2, -0.15) is 0 Å². The van der Waals surface area contributed by atoms with Crippen LogP contribution in [-0.2, 0) is 19.1 Å². The Labute approximate surface area is 212 Å². The monoisotopic (exact) mass is 508 g/mol. The van der Waals surface area contributed by atoms with Gasteiger partial charge in [0.1, 0.15) is 23.4 Å². The van der Waals surface area contributed by atoms with E-state index in [1.54, 1.807) is 60.6 Å². The molecular weight excluding hydrogens is 468 g/mol. The van der Waals surface area contributed by atoms with Crippen molar-refractivity contribution in [2.75, 3.05) is 13.2 Å². The number of aromatic hydroxyl groups is 1. The number of nitrogens with two attached hydrogens (primary N) is 1. The lowest BCUT2D eigenvalue weighted by atomic mass is 9.97. The van der Waals surface area contributed by atoms with E-state index < -0.39 is 53.6 Å². The van der Waals surface area contributed by atoms with Crippen molar-refractivity contribution < 1.29 is 34.1 Å². The topological polar surface area (TPSA) is 171 Å². The summed E-state index contributed by atoms with van der Waals surface area (Å²) in [6.07, 6.45) is -1.29. The van der Waals surface area contributed by atoms with Crippen molar-refractivity contribution in [3.05, 3.63) is 29.3 Å². The largest absolute Gasteiger partial charge is 0.507 e. The Morgan fingerprint density at radius 2 is 1.72 bits per heavy atom. The number of aryl methyl sites for hydroxylation is 1. The summed E-state index contributed by atoms with van der Waals surface area (Å²) in [5.41, 5.74) is 4.36. The number of carbonyl (C=O) groups is 4. The standard InChI is InChI=1S/C25H40N4O7/c1-15-9-8-10-16(20(15)32)19(21(33)28-24(2,3)4)29(13-14-30)22(34)17(11-12-18(26)31)27-23(35)36-25(5,6)7/h8-10,17,19,30,32H,11-14H2,1-7H3,(H2,26,31)(H,27,35)(H,28,33). The first-order valence-electron chi connectivity index (χ1n) is 11.8. The smallest absolute Gasteiger partial charge is 0.408 e. The average molecular weight is 509 g/mol. The van der Waals surface area contributed by atoms with Gasteiger partial charge in [0.05, 0.1) is 6.61 Å². The van der Waals surface area contributed by atoms with Gasteiger partial charge in [0.25, 0.3) is 0 Å². The number of para-hydroxylation sites is 1. The number of phenolic OH excluding ortho intramolecular Hbond substituents is 1. The summed E-state index contributed by atoms with van der Waals surface area (Å²) in [5.74, 6) is -2.23. The number of amides is 4. The molecule has 202 valence electrons. The molecule has 1 aromatic rings. The molecule has 6 N–H and O–H groups in total. The molecule has 0 saturated carbocycles. The van der Waals surface area contributed by atoms with Gasteiger partial charge >= 0.3 is 6.09 Å². The number of phenols is 1. The predicted octanol–water partition coefficient (Wildman–Crippen LogP) is 1.64. The third-order valence-corrected chi connectivity index (χ3v) is 4.91. The SMILES string of the molecule is Cc1cccc(C(C(=O)NC(C)(C)C)N(CCO)C(=O)C(CCC(N)=O)NC(=O)OC(C)(C)C)c1O. The Morgan fingerprint density at radius 3 is 2.22 bits per heavy atom. The molecule has 0 bridgehead atoms. The highest BCUT2D eigenvalue weighted by molar-refractivity contribution is 5.93. The number of primary amides is 1. The fraction of sp³-hybridized carbons (Fsp3) is 0.600. The quantitative estimate of drug-likeness (QED) is 0.320. The van der Waals surface area contributed by atoms with Crippen molar-refractivity contribution >= 4 is 23.8 Å². The molecule has 1 rings (SSSR count). The van der Waals surface area contributed by atoms with Gasteiger partial charge in [-0.3, -0.25) is 14.4 Å². The average Bonchev–Trinajstić information content (AvgIpc) is 2.70. The van der Waals surface area contributed by atoms with Crippen LogP contribution in [0, 0.1) is 6.92 Å². The number of carbonyl (C=O) groups excluding carboxylic acids is 4. The van der Waals surface area contributed by atoms with Crippen molar-refractivity contribution in [3.8, 4) is 5.75 Å². The lowest BCUT2D eigenvalue weighted by molar-refractivity contribution is -0.144. The molecule has 11 heteroatoms. The molecule has 0 aliphatic carbocycles. The van der Waals surface area contributed by atoms with Gasteiger partial charge in [-0.25, -0.2) is 4.79 Å². The molecule has 0 fully saturated rings. The number of hydrogen-bond acceptors (Lipinski definition) is 7. The second-order valence-electron chi connectivity index (χ2n) is 10.6. The zero-order chi connectivity index (χ0) is 27.8. The van der Waals surface area contributed by atoms with Gasteiger partial charge in [0.2, 0.25) is 17.7 Å². The van der Waals surface area contributed by atoms with E-state index in [-0.39, 0.29) is 30.7 Å². The van der Waals surface area contributed by atoms with Crippen LogP contribution in [-0.4, -0.2) is 69.3 Å². The highest BCUT2D eigenvalue weighted by Crippen LogP contribution is 2.32. The zero-order valence-corrected chi connectivity index (χ0v) is 22.2. The van der Waals surface area contributed by atoms with E-state index >= 15 is 0 Å². The van der Waals surface area contributed by atoms with Gasteiger partial charge in [-0.15, -0.1) is 0 Å². The van der Waals surface area contributed by atoms with Crippen LogP contribution < -0.4 is 16.4 Å². The van der Waals surface area contributed by atoms with E-state index in [0.29, 0.717) is 5.56 Å². The number of aliphatic hydroxyl groups excluding tert-OH is 1. The Bertz CT molecular complexity index is 951. The zero-order valence-electron chi connectivity index (χ0n) is 22.2. The van der Waals surface area contributed by atoms with Crippen LogP contribution in [0.3, 0.4) is 0 Å². The van der Waals surface area contributed by atoms with Gasteiger partial charge in [0, 0.05) is 24.1 Å². The molecule has 0 heterocycles. The number of alkyl carbamates (subject to hydrolysis) is 1. The van der Waals surface area contributed by atoms with Gasteiger partial charge in [-0.05, 0) is 60.5 Å². The van der Waals surface area contributed by atoms with Crippen LogP contribution in [0.2, 0.25) is 0 Å². The van der Waals surface area contributed by atoms with E-state index in [0.717, 1.165) is 4.90 Å². The van der Waals surface area contributed by atoms with Crippen molar-refractivity contribution in [2.24, 2.45) is 5.73 Å². The molecule has 2 unspecified atom stereocenters. The Hall–Kier alpha value is -3.34. The summed E-state index contributed by atoms with van der Waals surface area (Å²) < 4.78 is 5.25. The minimum atomic E-state index is -1.35. The van der Waals surface area contributed by atoms with Crippen LogP contribution in [0.15, 0.2) is 18.2 Å². The van der Waals surface area contributed by atoms with E-state index in [1.807, 2.05) is 0 Å². The van der Waals surface area contributed by atoms with Crippen LogP contribution >= 0.6 is 0 Å². The van der Waals surface area contributed by atoms with E-state index in [4.69, 9.17) is 10.5 Å². The molecule has 0 aliphatic rings. The third kappa shape index (κ3) is 9.73. The molecule has 0 aromatic heterocycles. The maximum atomic E-state index is 13.8. The maximum absolute atomic E-state index is 13.8. The van der Waals surface area contributed by atoms with Crippen molar-refractivity contribution in [3.63, 3.8) is 0 Å². The van der Waals surface area contributed by atoms with Crippen molar-refractivity contribution in [1.29, 1.82) is 0 Å². The minimum Gasteiger partial charge on any atom is -0.507 e. The fourth-order valence-corrected chi connectivity index (χ4v) is 3.46. The number of aliphatic hydroxyl groups is 1. The molecule has 1 aromatic carbocycles. The second-order valence-corrected chi connectivity index (χ2v) is 10.6. The van der Waals surface area contributed by atoms with Gasteiger partial charge in [0.15, 0.2) is 0 Å². The highest BCUT2D eigenvalue weighted by atomic mass is 16.6. The number of benzene rings is 1. The number of nitrogens with zero attached hydrogens (tertiary/aromatic N) is 1. The van der Waals surface area contributed by atoms with Crippen LogP contribution in [0.4, 0.5) is 4.79 Å². The highest BCUT2D eigenvalue weighted by Gasteiger charge is 2.38. The second kappa shape index (κ2) is 12.6. The van der Waals surface area contributed by atoms with Crippen LogP contribution in [0.5, 0.6) is 5.75 Å². The summed E-state index contributed by atoms with van der Waals surface area (Å²) in [4.78, 5) is 52.2. The number of ether oxygens (including phenoxy) is 1. The number of nitrogens with one attached hydrogen (secondary N) is 2. The summed E-state index contributed by atoms with van der Waals surface area (Å²) in [6, 6.07) is 2.14. The minimum absolute atomic E-state index is 0.143. The van der Waals surface area contributed by atoms with Crippen molar-refractivity contribution in [2.45, 2.75) is 84.5 Å². The normalized spacial score (nSPS) is 13.3. The summed E-state index contributed by atoms with van der Waals surface area (Å²) in [6.45, 7) is 11.1. The van der Waals surface area contributed by atoms with Crippen LogP contribution in [0.1, 0.15) is 71.6 Å². The van der Waals surface area contributed by atoms with E-state index in [2.05, 4.69) is 10.6 Å². The van der Waals surface area contributed by atoms with Gasteiger partial charge in [-0.1, -0.05) is 18.2 Å². The summed E-state index contributed by atoms with van der Waals surface area (Å²) in [7, 11) is 0. The molecule has 0 saturated heterocycles. The fourth-order valence-electron chi connectivity index (χ4n) is 3.46. The van der Waals surface area contributed by atoms with E-state index in [1.165, 1.54) is 6.07 Å². The van der Waals surface area contributed by atoms with Gasteiger partial charge < -0.3 is 36.2 Å².